The zero-order chi connectivity index (χ0) is 18.1. The molecule has 0 atom stereocenters. The Morgan fingerprint density at radius 3 is 2.54 bits per heavy atom. The van der Waals surface area contributed by atoms with E-state index in [9.17, 15) is 13.2 Å². The summed E-state index contributed by atoms with van der Waals surface area (Å²) in [5, 5.41) is 0. The smallest absolute Gasteiger partial charge is 0.408 e. The van der Waals surface area contributed by atoms with E-state index in [1.54, 1.807) is 12.1 Å². The Bertz CT molecular complexity index is 1230. The lowest BCUT2D eigenvalue weighted by Gasteiger charge is -2.08. The van der Waals surface area contributed by atoms with Crippen LogP contribution in [0.5, 0.6) is 0 Å². The van der Waals surface area contributed by atoms with Gasteiger partial charge < -0.3 is 4.42 Å². The molecule has 0 aliphatic carbocycles. The van der Waals surface area contributed by atoms with Gasteiger partial charge in [-0.05, 0) is 24.3 Å². The molecule has 0 radical (unpaired) electrons. The van der Waals surface area contributed by atoms with Crippen molar-refractivity contribution < 1.29 is 12.8 Å². The number of rotatable bonds is 4. The van der Waals surface area contributed by atoms with Gasteiger partial charge in [0, 0.05) is 11.6 Å². The number of anilines is 1. The van der Waals surface area contributed by atoms with E-state index in [4.69, 9.17) is 4.42 Å². The highest BCUT2D eigenvalue weighted by Gasteiger charge is 2.16. The summed E-state index contributed by atoms with van der Waals surface area (Å²) in [6.45, 7) is 0. The summed E-state index contributed by atoms with van der Waals surface area (Å²) in [5.74, 6) is -0.636. The van der Waals surface area contributed by atoms with Crippen molar-refractivity contribution in [2.45, 2.75) is 4.90 Å². The van der Waals surface area contributed by atoms with E-state index in [1.807, 2.05) is 30.3 Å². The summed E-state index contributed by atoms with van der Waals surface area (Å²) in [6, 6.07) is 17.1. The Labute approximate surface area is 148 Å². The van der Waals surface area contributed by atoms with Crippen molar-refractivity contribution in [2.24, 2.45) is 0 Å². The topological polar surface area (TPSA) is 105 Å². The fourth-order valence-electron chi connectivity index (χ4n) is 2.54. The normalized spacial score (nSPS) is 11.5. The average molecular weight is 367 g/mol. The van der Waals surface area contributed by atoms with Crippen LogP contribution in [-0.2, 0) is 10.0 Å². The second-order valence-electron chi connectivity index (χ2n) is 5.58. The Morgan fingerprint density at radius 1 is 1.00 bits per heavy atom. The molecule has 26 heavy (non-hydrogen) atoms. The Hall–Kier alpha value is -3.39. The summed E-state index contributed by atoms with van der Waals surface area (Å²) in [6.07, 6.45) is 1.45. The van der Waals surface area contributed by atoms with Crippen LogP contribution in [0.4, 0.5) is 5.69 Å². The van der Waals surface area contributed by atoms with E-state index in [2.05, 4.69) is 14.7 Å². The SMILES string of the molecule is O=c1[nH]c2ccc(S(=O)(=O)Nc3ccc(-c4ccccc4)nc3)cc2o1. The lowest BCUT2D eigenvalue weighted by Crippen LogP contribution is -2.13. The van der Waals surface area contributed by atoms with Gasteiger partial charge in [-0.3, -0.25) is 14.7 Å². The molecule has 0 bridgehead atoms. The quantitative estimate of drug-likeness (QED) is 0.577. The first kappa shape index (κ1) is 16.1. The fraction of sp³-hybridized carbons (Fsp3) is 0. The molecule has 8 heteroatoms. The van der Waals surface area contributed by atoms with E-state index < -0.39 is 15.8 Å². The highest BCUT2D eigenvalue weighted by atomic mass is 32.2. The minimum absolute atomic E-state index is 0.0140. The summed E-state index contributed by atoms with van der Waals surface area (Å²) in [5.41, 5.74) is 2.62. The first-order valence-corrected chi connectivity index (χ1v) is 9.17. The standard InChI is InChI=1S/C18H13N3O4S/c22-18-20-16-9-7-14(10-17(16)25-18)26(23,24)21-13-6-8-15(19-11-13)12-4-2-1-3-5-12/h1-11,21H,(H,20,22). The van der Waals surface area contributed by atoms with Crippen LogP contribution in [0.25, 0.3) is 22.4 Å². The molecule has 2 aromatic carbocycles. The number of hydrogen-bond acceptors (Lipinski definition) is 5. The number of fused-ring (bicyclic) bond motifs is 1. The number of sulfonamides is 1. The van der Waals surface area contributed by atoms with E-state index in [1.165, 1.54) is 24.4 Å². The second-order valence-corrected chi connectivity index (χ2v) is 7.26. The number of nitrogens with zero attached hydrogens (tertiary/aromatic N) is 1. The van der Waals surface area contributed by atoms with Crippen molar-refractivity contribution in [1.82, 2.24) is 9.97 Å². The molecule has 0 spiro atoms. The summed E-state index contributed by atoms with van der Waals surface area (Å²) in [4.78, 5) is 17.9. The summed E-state index contributed by atoms with van der Waals surface area (Å²) < 4.78 is 32.4. The number of benzene rings is 2. The Kier molecular flexibility index (Phi) is 3.81. The van der Waals surface area contributed by atoms with Gasteiger partial charge in [0.05, 0.1) is 28.0 Å². The van der Waals surface area contributed by atoms with Crippen molar-refractivity contribution in [3.63, 3.8) is 0 Å². The fourth-order valence-corrected chi connectivity index (χ4v) is 3.60. The Balaban J connectivity index is 1.61. The van der Waals surface area contributed by atoms with E-state index >= 15 is 0 Å². The van der Waals surface area contributed by atoms with Gasteiger partial charge in [0.2, 0.25) is 0 Å². The lowest BCUT2D eigenvalue weighted by atomic mass is 10.1. The van der Waals surface area contributed by atoms with E-state index in [0.717, 1.165) is 11.3 Å². The average Bonchev–Trinajstić information content (AvgIpc) is 3.02. The summed E-state index contributed by atoms with van der Waals surface area (Å²) in [7, 11) is -3.84. The number of nitrogens with one attached hydrogen (secondary N) is 2. The van der Waals surface area contributed by atoms with Gasteiger partial charge in [0.15, 0.2) is 5.58 Å². The van der Waals surface area contributed by atoms with E-state index in [-0.39, 0.29) is 10.5 Å². The highest BCUT2D eigenvalue weighted by Crippen LogP contribution is 2.22. The molecular weight excluding hydrogens is 354 g/mol. The van der Waals surface area contributed by atoms with Crippen LogP contribution in [-0.4, -0.2) is 18.4 Å². The molecule has 4 aromatic rings. The van der Waals surface area contributed by atoms with Crippen molar-refractivity contribution in [1.29, 1.82) is 0 Å². The molecule has 0 saturated carbocycles. The number of H-pyrrole nitrogens is 1. The van der Waals surface area contributed by atoms with Gasteiger partial charge in [-0.15, -0.1) is 0 Å². The molecule has 0 amide bonds. The van der Waals surface area contributed by atoms with Gasteiger partial charge in [-0.2, -0.15) is 0 Å². The third-order valence-electron chi connectivity index (χ3n) is 3.79. The molecule has 2 aromatic heterocycles. The van der Waals surface area contributed by atoms with Crippen LogP contribution in [0.1, 0.15) is 0 Å². The van der Waals surface area contributed by atoms with Crippen LogP contribution in [0.15, 0.2) is 81.0 Å². The van der Waals surface area contributed by atoms with Crippen molar-refractivity contribution in [3.05, 3.63) is 77.4 Å². The molecule has 0 fully saturated rings. The monoisotopic (exact) mass is 367 g/mol. The van der Waals surface area contributed by atoms with Crippen LogP contribution in [0.3, 0.4) is 0 Å². The maximum absolute atomic E-state index is 12.5. The zero-order valence-corrected chi connectivity index (χ0v) is 14.2. The maximum Gasteiger partial charge on any atom is 0.417 e. The molecule has 4 rings (SSSR count). The van der Waals surface area contributed by atoms with Gasteiger partial charge >= 0.3 is 5.76 Å². The van der Waals surface area contributed by atoms with Gasteiger partial charge in [0.1, 0.15) is 0 Å². The predicted molar refractivity (Wildman–Crippen MR) is 97.3 cm³/mol. The second kappa shape index (κ2) is 6.16. The maximum atomic E-state index is 12.5. The molecule has 7 nitrogen and oxygen atoms in total. The molecule has 2 N–H and O–H groups in total. The number of oxazole rings is 1. The third-order valence-corrected chi connectivity index (χ3v) is 5.17. The van der Waals surface area contributed by atoms with Crippen LogP contribution < -0.4 is 10.5 Å². The molecule has 0 unspecified atom stereocenters. The Morgan fingerprint density at radius 2 is 1.81 bits per heavy atom. The molecular formula is C18H13N3O4S. The number of aromatic amines is 1. The first-order chi connectivity index (χ1) is 12.5. The minimum Gasteiger partial charge on any atom is -0.408 e. The number of aromatic nitrogens is 2. The molecule has 130 valence electrons. The van der Waals surface area contributed by atoms with Crippen LogP contribution in [0, 0.1) is 0 Å². The van der Waals surface area contributed by atoms with Gasteiger partial charge in [0.25, 0.3) is 10.0 Å². The van der Waals surface area contributed by atoms with E-state index in [0.29, 0.717) is 11.2 Å². The first-order valence-electron chi connectivity index (χ1n) is 7.68. The highest BCUT2D eigenvalue weighted by molar-refractivity contribution is 7.92. The predicted octanol–water partition coefficient (Wildman–Crippen LogP) is 2.98. The minimum atomic E-state index is -3.84. The molecule has 0 aliphatic rings. The zero-order valence-electron chi connectivity index (χ0n) is 13.3. The van der Waals surface area contributed by atoms with Gasteiger partial charge in [-0.25, -0.2) is 13.2 Å². The van der Waals surface area contributed by atoms with Crippen LogP contribution in [0.2, 0.25) is 0 Å². The number of pyridine rings is 1. The largest absolute Gasteiger partial charge is 0.417 e. The molecule has 0 saturated heterocycles. The lowest BCUT2D eigenvalue weighted by molar-refractivity contribution is 0.554. The molecule has 2 heterocycles. The summed E-state index contributed by atoms with van der Waals surface area (Å²) >= 11 is 0. The number of hydrogen-bond donors (Lipinski definition) is 2. The van der Waals surface area contributed by atoms with Crippen LogP contribution >= 0.6 is 0 Å². The third kappa shape index (κ3) is 3.09. The van der Waals surface area contributed by atoms with Gasteiger partial charge in [-0.1, -0.05) is 30.3 Å². The molecule has 0 aliphatic heterocycles. The van der Waals surface area contributed by atoms with Crippen molar-refractivity contribution >= 4 is 26.8 Å². The van der Waals surface area contributed by atoms with Crippen molar-refractivity contribution in [3.8, 4) is 11.3 Å². The van der Waals surface area contributed by atoms with Crippen molar-refractivity contribution in [2.75, 3.05) is 4.72 Å².